The minimum absolute atomic E-state index is 0.232. The van der Waals surface area contributed by atoms with Crippen molar-refractivity contribution in [2.24, 2.45) is 5.73 Å². The summed E-state index contributed by atoms with van der Waals surface area (Å²) in [5.74, 6) is -1.17. The van der Waals surface area contributed by atoms with Crippen molar-refractivity contribution < 1.29 is 14.3 Å². The van der Waals surface area contributed by atoms with Gasteiger partial charge in [-0.25, -0.2) is 4.79 Å². The summed E-state index contributed by atoms with van der Waals surface area (Å²) in [4.78, 5) is 35.7. The van der Waals surface area contributed by atoms with E-state index in [4.69, 9.17) is 10.5 Å². The minimum Gasteiger partial charge on any atom is -0.462 e. The number of carbonyl (C=O) groups excluding carboxylic acids is 2. The van der Waals surface area contributed by atoms with Crippen LogP contribution < -0.4 is 11.3 Å². The average Bonchev–Trinajstić information content (AvgIpc) is 2.27. The molecule has 0 bridgehead atoms. The maximum Gasteiger partial charge on any atom is 0.340 e. The van der Waals surface area contributed by atoms with Crippen LogP contribution in [0.5, 0.6) is 0 Å². The van der Waals surface area contributed by atoms with Crippen LogP contribution >= 0.6 is 0 Å². The number of esters is 1. The van der Waals surface area contributed by atoms with Gasteiger partial charge in [-0.2, -0.15) is 0 Å². The number of aryl methyl sites for hydroxylation is 1. The summed E-state index contributed by atoms with van der Waals surface area (Å²) in [6.45, 7) is 8.26. The van der Waals surface area contributed by atoms with Crippen molar-refractivity contribution in [3.8, 4) is 0 Å². The zero-order valence-corrected chi connectivity index (χ0v) is 12.4. The highest BCUT2D eigenvalue weighted by Gasteiger charge is 2.32. The van der Waals surface area contributed by atoms with Crippen LogP contribution in [0.15, 0.2) is 10.9 Å². The first-order chi connectivity index (χ1) is 9.14. The third-order valence-electron chi connectivity index (χ3n) is 3.29. The minimum atomic E-state index is -1.23. The van der Waals surface area contributed by atoms with Crippen LogP contribution in [0.3, 0.4) is 0 Å². The molecule has 0 spiro atoms. The van der Waals surface area contributed by atoms with E-state index in [1.54, 1.807) is 20.8 Å². The summed E-state index contributed by atoms with van der Waals surface area (Å²) >= 11 is 0. The van der Waals surface area contributed by atoms with Gasteiger partial charge >= 0.3 is 5.97 Å². The maximum atomic E-state index is 12.1. The van der Waals surface area contributed by atoms with Gasteiger partial charge in [0, 0.05) is 11.8 Å². The number of carbonyl (C=O) groups is 2. The molecule has 0 atom stereocenters. The second-order valence-corrected chi connectivity index (χ2v) is 5.11. The van der Waals surface area contributed by atoms with E-state index >= 15 is 0 Å². The van der Waals surface area contributed by atoms with Crippen LogP contribution in [-0.2, 0) is 15.1 Å². The van der Waals surface area contributed by atoms with Crippen LogP contribution in [0.25, 0.3) is 0 Å². The molecule has 6 heteroatoms. The maximum absolute atomic E-state index is 12.1. The number of rotatable bonds is 4. The molecule has 1 aromatic rings. The van der Waals surface area contributed by atoms with Gasteiger partial charge in [-0.3, -0.25) is 14.2 Å². The standard InChI is InChI=1S/C14H20N2O4/c1-6-20-12(18)11-8(2)7-10(17)16(9(11)3)14(4,5)13(15)19/h7H,6H2,1-5H3,(H2,15,19). The highest BCUT2D eigenvalue weighted by molar-refractivity contribution is 5.92. The zero-order chi connectivity index (χ0) is 15.7. The summed E-state index contributed by atoms with van der Waals surface area (Å²) in [7, 11) is 0. The van der Waals surface area contributed by atoms with E-state index in [1.807, 2.05) is 0 Å². The summed E-state index contributed by atoms with van der Waals surface area (Å²) < 4.78 is 6.22. The van der Waals surface area contributed by atoms with Gasteiger partial charge in [0.05, 0.1) is 12.2 Å². The second-order valence-electron chi connectivity index (χ2n) is 5.11. The lowest BCUT2D eigenvalue weighted by Crippen LogP contribution is -2.48. The van der Waals surface area contributed by atoms with Gasteiger partial charge < -0.3 is 10.5 Å². The lowest BCUT2D eigenvalue weighted by Gasteiger charge is -2.27. The van der Waals surface area contributed by atoms with E-state index in [9.17, 15) is 14.4 Å². The van der Waals surface area contributed by atoms with Gasteiger partial charge in [-0.15, -0.1) is 0 Å². The largest absolute Gasteiger partial charge is 0.462 e. The van der Waals surface area contributed by atoms with E-state index in [-0.39, 0.29) is 12.2 Å². The Bertz CT molecular complexity index is 614. The molecule has 1 rings (SSSR count). The topological polar surface area (TPSA) is 91.4 Å². The number of aromatic nitrogens is 1. The van der Waals surface area contributed by atoms with E-state index in [0.717, 1.165) is 0 Å². The average molecular weight is 280 g/mol. The van der Waals surface area contributed by atoms with E-state index in [2.05, 4.69) is 0 Å². The van der Waals surface area contributed by atoms with Crippen LogP contribution in [-0.4, -0.2) is 23.1 Å². The van der Waals surface area contributed by atoms with Crippen molar-refractivity contribution in [1.29, 1.82) is 0 Å². The molecule has 0 unspecified atom stereocenters. The third kappa shape index (κ3) is 2.59. The van der Waals surface area contributed by atoms with Crippen LogP contribution in [0, 0.1) is 13.8 Å². The summed E-state index contributed by atoms with van der Waals surface area (Å²) in [6, 6.07) is 1.31. The lowest BCUT2D eigenvalue weighted by atomic mass is 10.00. The van der Waals surface area contributed by atoms with Crippen LogP contribution in [0.4, 0.5) is 0 Å². The predicted molar refractivity (Wildman–Crippen MR) is 74.6 cm³/mol. The Morgan fingerprint density at radius 3 is 2.35 bits per heavy atom. The Labute approximate surface area is 117 Å². The van der Waals surface area contributed by atoms with Gasteiger partial charge in [0.2, 0.25) is 5.91 Å². The van der Waals surface area contributed by atoms with Gasteiger partial charge in [-0.1, -0.05) is 0 Å². The molecular weight excluding hydrogens is 260 g/mol. The summed E-state index contributed by atoms with van der Waals surface area (Å²) in [6.07, 6.45) is 0. The first kappa shape index (κ1) is 15.9. The monoisotopic (exact) mass is 280 g/mol. The Morgan fingerprint density at radius 2 is 1.90 bits per heavy atom. The van der Waals surface area contributed by atoms with Crippen molar-refractivity contribution in [1.82, 2.24) is 4.57 Å². The fourth-order valence-corrected chi connectivity index (χ4v) is 2.20. The molecule has 0 fully saturated rings. The number of amides is 1. The number of primary amides is 1. The highest BCUT2D eigenvalue weighted by Crippen LogP contribution is 2.20. The van der Waals surface area contributed by atoms with Crippen molar-refractivity contribution in [3.05, 3.63) is 33.2 Å². The molecule has 110 valence electrons. The molecule has 1 amide bonds. The van der Waals surface area contributed by atoms with Crippen molar-refractivity contribution in [3.63, 3.8) is 0 Å². The fourth-order valence-electron chi connectivity index (χ4n) is 2.20. The van der Waals surface area contributed by atoms with Crippen molar-refractivity contribution in [2.45, 2.75) is 40.2 Å². The quantitative estimate of drug-likeness (QED) is 0.828. The highest BCUT2D eigenvalue weighted by atomic mass is 16.5. The molecule has 1 heterocycles. The molecule has 0 aliphatic carbocycles. The van der Waals surface area contributed by atoms with Crippen molar-refractivity contribution >= 4 is 11.9 Å². The lowest BCUT2D eigenvalue weighted by molar-refractivity contribution is -0.125. The van der Waals surface area contributed by atoms with Crippen LogP contribution in [0.2, 0.25) is 0 Å². The van der Waals surface area contributed by atoms with Crippen LogP contribution in [0.1, 0.15) is 42.4 Å². The first-order valence-corrected chi connectivity index (χ1v) is 6.35. The number of hydrogen-bond donors (Lipinski definition) is 1. The fraction of sp³-hybridized carbons (Fsp3) is 0.500. The molecular formula is C14H20N2O4. The Kier molecular flexibility index (Phi) is 4.37. The molecule has 2 N–H and O–H groups in total. The Hall–Kier alpha value is -2.11. The van der Waals surface area contributed by atoms with Gasteiger partial charge in [0.15, 0.2) is 0 Å². The first-order valence-electron chi connectivity index (χ1n) is 6.35. The molecule has 0 radical (unpaired) electrons. The molecule has 6 nitrogen and oxygen atoms in total. The molecule has 0 saturated carbocycles. The SMILES string of the molecule is CCOC(=O)c1c(C)cc(=O)n(C(C)(C)C(N)=O)c1C. The number of nitrogens with two attached hydrogens (primary N) is 1. The zero-order valence-electron chi connectivity index (χ0n) is 12.4. The Balaban J connectivity index is 3.65. The number of hydrogen-bond acceptors (Lipinski definition) is 4. The predicted octanol–water partition coefficient (Wildman–Crippen LogP) is 0.862. The molecule has 0 saturated heterocycles. The second kappa shape index (κ2) is 5.48. The van der Waals surface area contributed by atoms with E-state index < -0.39 is 17.4 Å². The number of pyridine rings is 1. The smallest absolute Gasteiger partial charge is 0.340 e. The van der Waals surface area contributed by atoms with Crippen molar-refractivity contribution in [2.75, 3.05) is 6.61 Å². The molecule has 20 heavy (non-hydrogen) atoms. The molecule has 0 aliphatic rings. The number of ether oxygens (including phenoxy) is 1. The normalized spacial score (nSPS) is 11.2. The van der Waals surface area contributed by atoms with E-state index in [0.29, 0.717) is 16.8 Å². The van der Waals surface area contributed by atoms with Gasteiger partial charge in [0.25, 0.3) is 5.56 Å². The summed E-state index contributed by atoms with van der Waals surface area (Å²) in [5, 5.41) is 0. The Morgan fingerprint density at radius 1 is 1.35 bits per heavy atom. The molecule has 0 aromatic carbocycles. The third-order valence-corrected chi connectivity index (χ3v) is 3.29. The van der Waals surface area contributed by atoms with Gasteiger partial charge in [0.1, 0.15) is 5.54 Å². The molecule has 0 aliphatic heterocycles. The summed E-state index contributed by atoms with van der Waals surface area (Å²) in [5.41, 5.74) is 4.93. The number of nitrogens with zero attached hydrogens (tertiary/aromatic N) is 1. The van der Waals surface area contributed by atoms with E-state index in [1.165, 1.54) is 24.5 Å². The van der Waals surface area contributed by atoms with Gasteiger partial charge in [-0.05, 0) is 40.2 Å². The molecule has 1 aromatic heterocycles.